The van der Waals surface area contributed by atoms with Crippen LogP contribution in [0, 0.1) is 13.8 Å². The van der Waals surface area contributed by atoms with Gasteiger partial charge in [0.25, 0.3) is 5.91 Å². The average Bonchev–Trinajstić information content (AvgIpc) is 3.05. The van der Waals surface area contributed by atoms with Gasteiger partial charge in [-0.15, -0.1) is 11.3 Å². The maximum absolute atomic E-state index is 12.1. The molecule has 0 saturated heterocycles. The predicted octanol–water partition coefficient (Wildman–Crippen LogP) is 5.30. The van der Waals surface area contributed by atoms with E-state index in [1.54, 1.807) is 30.3 Å². The number of carbonyl (C=O) groups is 2. The standard InChI is InChI=1S/C21H19ClN2O3S/c1-12-10-16(22)6-9-18(12)24-19(26)11-27-17-7-4-15(5-8-17)21-23-13(2)20(28-21)14(3)25/h4-10H,11H2,1-3H3,(H,24,26). The zero-order valence-electron chi connectivity index (χ0n) is 15.7. The summed E-state index contributed by atoms with van der Waals surface area (Å²) in [4.78, 5) is 28.8. The fraction of sp³-hybridized carbons (Fsp3) is 0.190. The maximum Gasteiger partial charge on any atom is 0.262 e. The lowest BCUT2D eigenvalue weighted by atomic mass is 10.2. The summed E-state index contributed by atoms with van der Waals surface area (Å²) in [5, 5.41) is 4.21. The van der Waals surface area contributed by atoms with Crippen molar-refractivity contribution in [3.05, 3.63) is 63.6 Å². The molecule has 0 saturated carbocycles. The molecule has 3 aromatic rings. The van der Waals surface area contributed by atoms with Crippen LogP contribution in [0.4, 0.5) is 5.69 Å². The zero-order valence-corrected chi connectivity index (χ0v) is 17.3. The molecule has 0 unspecified atom stereocenters. The highest BCUT2D eigenvalue weighted by atomic mass is 35.5. The summed E-state index contributed by atoms with van der Waals surface area (Å²) in [6, 6.07) is 12.5. The Morgan fingerprint density at radius 3 is 2.46 bits per heavy atom. The number of benzene rings is 2. The summed E-state index contributed by atoms with van der Waals surface area (Å²) in [5.41, 5.74) is 3.22. The molecule has 1 N–H and O–H groups in total. The van der Waals surface area contributed by atoms with Crippen LogP contribution in [0.1, 0.15) is 27.9 Å². The second kappa shape index (κ2) is 8.54. The highest BCUT2D eigenvalue weighted by molar-refractivity contribution is 7.17. The molecule has 0 atom stereocenters. The lowest BCUT2D eigenvalue weighted by molar-refractivity contribution is -0.118. The van der Waals surface area contributed by atoms with Crippen molar-refractivity contribution < 1.29 is 14.3 Å². The third-order valence-electron chi connectivity index (χ3n) is 4.05. The first kappa shape index (κ1) is 20.0. The lowest BCUT2D eigenvalue weighted by Crippen LogP contribution is -2.20. The van der Waals surface area contributed by atoms with E-state index in [1.165, 1.54) is 18.3 Å². The SMILES string of the molecule is CC(=O)c1sc(-c2ccc(OCC(=O)Nc3ccc(Cl)cc3C)cc2)nc1C. The number of Topliss-reactive ketones (excluding diaryl/α,β-unsaturated/α-hetero) is 1. The summed E-state index contributed by atoms with van der Waals surface area (Å²) < 4.78 is 5.55. The molecule has 0 aliphatic carbocycles. The number of carbonyl (C=O) groups excluding carboxylic acids is 2. The van der Waals surface area contributed by atoms with Crippen LogP contribution in [0.5, 0.6) is 5.75 Å². The Labute approximate surface area is 172 Å². The van der Waals surface area contributed by atoms with Crippen LogP contribution in [0.25, 0.3) is 10.6 Å². The van der Waals surface area contributed by atoms with Crippen LogP contribution in [-0.4, -0.2) is 23.3 Å². The molecule has 1 amide bonds. The van der Waals surface area contributed by atoms with Crippen molar-refractivity contribution in [2.75, 3.05) is 11.9 Å². The molecule has 0 spiro atoms. The molecule has 0 fully saturated rings. The average molecular weight is 415 g/mol. The number of aromatic nitrogens is 1. The second-order valence-electron chi connectivity index (χ2n) is 6.31. The van der Waals surface area contributed by atoms with Crippen LogP contribution >= 0.6 is 22.9 Å². The van der Waals surface area contributed by atoms with Crippen molar-refractivity contribution in [3.63, 3.8) is 0 Å². The highest BCUT2D eigenvalue weighted by Crippen LogP contribution is 2.29. The quantitative estimate of drug-likeness (QED) is 0.555. The van der Waals surface area contributed by atoms with Gasteiger partial charge in [0.1, 0.15) is 10.8 Å². The Morgan fingerprint density at radius 2 is 1.86 bits per heavy atom. The molecule has 28 heavy (non-hydrogen) atoms. The van der Waals surface area contributed by atoms with Crippen molar-refractivity contribution in [1.29, 1.82) is 0 Å². The number of nitrogens with zero attached hydrogens (tertiary/aromatic N) is 1. The van der Waals surface area contributed by atoms with E-state index in [0.29, 0.717) is 21.3 Å². The van der Waals surface area contributed by atoms with Crippen LogP contribution in [-0.2, 0) is 4.79 Å². The van der Waals surface area contributed by atoms with Gasteiger partial charge in [-0.1, -0.05) is 11.6 Å². The molecule has 7 heteroatoms. The molecule has 2 aromatic carbocycles. The molecular formula is C21H19ClN2O3S. The second-order valence-corrected chi connectivity index (χ2v) is 7.75. The monoisotopic (exact) mass is 414 g/mol. The molecular weight excluding hydrogens is 396 g/mol. The molecule has 5 nitrogen and oxygen atoms in total. The number of aryl methyl sites for hydroxylation is 2. The summed E-state index contributed by atoms with van der Waals surface area (Å²) in [6.45, 7) is 5.14. The minimum absolute atomic E-state index is 0.0168. The first-order chi connectivity index (χ1) is 13.3. The van der Waals surface area contributed by atoms with E-state index in [4.69, 9.17) is 16.3 Å². The van der Waals surface area contributed by atoms with Crippen molar-refractivity contribution in [2.24, 2.45) is 0 Å². The first-order valence-corrected chi connectivity index (χ1v) is 9.80. The number of nitrogens with one attached hydrogen (secondary N) is 1. The number of ketones is 1. The molecule has 1 aromatic heterocycles. The van der Waals surface area contributed by atoms with E-state index in [2.05, 4.69) is 10.3 Å². The van der Waals surface area contributed by atoms with Crippen LogP contribution in [0.15, 0.2) is 42.5 Å². The molecule has 0 bridgehead atoms. The van der Waals surface area contributed by atoms with Crippen LogP contribution in [0.2, 0.25) is 5.02 Å². The van der Waals surface area contributed by atoms with Gasteiger partial charge in [-0.3, -0.25) is 9.59 Å². The number of halogens is 1. The van der Waals surface area contributed by atoms with Crippen molar-refractivity contribution >= 4 is 40.3 Å². The van der Waals surface area contributed by atoms with Gasteiger partial charge in [-0.05, 0) is 61.9 Å². The predicted molar refractivity (Wildman–Crippen MR) is 113 cm³/mol. The normalized spacial score (nSPS) is 10.6. The smallest absolute Gasteiger partial charge is 0.262 e. The number of hydrogen-bond acceptors (Lipinski definition) is 5. The number of amides is 1. The fourth-order valence-corrected chi connectivity index (χ4v) is 3.84. The molecule has 3 rings (SSSR count). The lowest BCUT2D eigenvalue weighted by Gasteiger charge is -2.10. The van der Waals surface area contributed by atoms with Crippen molar-refractivity contribution in [1.82, 2.24) is 4.98 Å². The number of hydrogen-bond donors (Lipinski definition) is 1. The van der Waals surface area contributed by atoms with Crippen molar-refractivity contribution in [2.45, 2.75) is 20.8 Å². The topological polar surface area (TPSA) is 68.3 Å². The third kappa shape index (κ3) is 4.77. The van der Waals surface area contributed by atoms with Crippen LogP contribution < -0.4 is 10.1 Å². The number of ether oxygens (including phenoxy) is 1. The minimum Gasteiger partial charge on any atom is -0.484 e. The van der Waals surface area contributed by atoms with Crippen molar-refractivity contribution in [3.8, 4) is 16.3 Å². The molecule has 144 valence electrons. The first-order valence-electron chi connectivity index (χ1n) is 8.61. The Bertz CT molecular complexity index is 1030. The van der Waals surface area contributed by atoms with E-state index in [1.807, 2.05) is 26.0 Å². The summed E-state index contributed by atoms with van der Waals surface area (Å²) in [5.74, 6) is 0.339. The van der Waals surface area contributed by atoms with E-state index in [0.717, 1.165) is 21.8 Å². The van der Waals surface area contributed by atoms with Gasteiger partial charge >= 0.3 is 0 Å². The highest BCUT2D eigenvalue weighted by Gasteiger charge is 2.13. The minimum atomic E-state index is -0.254. The van der Waals surface area contributed by atoms with Crippen LogP contribution in [0.3, 0.4) is 0 Å². The Morgan fingerprint density at radius 1 is 1.14 bits per heavy atom. The fourth-order valence-electron chi connectivity index (χ4n) is 2.64. The Kier molecular flexibility index (Phi) is 6.11. The van der Waals surface area contributed by atoms with E-state index in [-0.39, 0.29) is 18.3 Å². The van der Waals surface area contributed by atoms with Gasteiger partial charge < -0.3 is 10.1 Å². The number of thiazole rings is 1. The van der Waals surface area contributed by atoms with Gasteiger partial charge in [0.05, 0.1) is 10.6 Å². The van der Waals surface area contributed by atoms with Gasteiger partial charge in [0.2, 0.25) is 0 Å². The Hall–Kier alpha value is -2.70. The number of anilines is 1. The zero-order chi connectivity index (χ0) is 20.3. The maximum atomic E-state index is 12.1. The van der Waals surface area contributed by atoms with E-state index >= 15 is 0 Å². The summed E-state index contributed by atoms with van der Waals surface area (Å²) in [7, 11) is 0. The summed E-state index contributed by atoms with van der Waals surface area (Å²) in [6.07, 6.45) is 0. The Balaban J connectivity index is 1.60. The van der Waals surface area contributed by atoms with Gasteiger partial charge in [0, 0.05) is 23.2 Å². The molecule has 0 aliphatic heterocycles. The molecule has 0 radical (unpaired) electrons. The van der Waals surface area contributed by atoms with E-state index < -0.39 is 0 Å². The van der Waals surface area contributed by atoms with Gasteiger partial charge in [-0.2, -0.15) is 0 Å². The molecule has 0 aliphatic rings. The molecule has 1 heterocycles. The largest absolute Gasteiger partial charge is 0.484 e. The van der Waals surface area contributed by atoms with Gasteiger partial charge in [0.15, 0.2) is 12.4 Å². The van der Waals surface area contributed by atoms with E-state index in [9.17, 15) is 9.59 Å². The number of rotatable bonds is 6. The van der Waals surface area contributed by atoms with Gasteiger partial charge in [-0.25, -0.2) is 4.98 Å². The third-order valence-corrected chi connectivity index (χ3v) is 5.59. The summed E-state index contributed by atoms with van der Waals surface area (Å²) >= 11 is 7.29.